The van der Waals surface area contributed by atoms with Crippen LogP contribution in [0.2, 0.25) is 0 Å². The Bertz CT molecular complexity index is 461. The molecule has 0 bridgehead atoms. The monoisotopic (exact) mass is 308 g/mol. The smallest absolute Gasteiger partial charge is 0.0641 e. The van der Waals surface area contributed by atoms with Crippen molar-refractivity contribution in [1.82, 2.24) is 20.0 Å². The van der Waals surface area contributed by atoms with Crippen molar-refractivity contribution >= 4 is 0 Å². The minimum atomic E-state index is -0.212. The molecule has 1 saturated heterocycles. The fourth-order valence-corrected chi connectivity index (χ4v) is 3.45. The lowest BCUT2D eigenvalue weighted by atomic mass is 9.96. The molecule has 0 saturated carbocycles. The molecule has 1 aliphatic rings. The van der Waals surface area contributed by atoms with E-state index >= 15 is 0 Å². The van der Waals surface area contributed by atoms with Crippen molar-refractivity contribution in [3.63, 3.8) is 0 Å². The number of likely N-dealkylation sites (tertiary alicyclic amines) is 1. The number of rotatable bonds is 7. The van der Waals surface area contributed by atoms with E-state index in [2.05, 4.69) is 40.8 Å². The predicted molar refractivity (Wildman–Crippen MR) is 89.9 cm³/mol. The molecular weight excluding hydrogens is 276 g/mol. The van der Waals surface area contributed by atoms with Crippen LogP contribution in [-0.2, 0) is 13.1 Å². The van der Waals surface area contributed by atoms with Crippen LogP contribution in [0.3, 0.4) is 0 Å². The summed E-state index contributed by atoms with van der Waals surface area (Å²) in [7, 11) is 0. The zero-order valence-electron chi connectivity index (χ0n) is 14.6. The molecule has 22 heavy (non-hydrogen) atoms. The van der Waals surface area contributed by atoms with Crippen LogP contribution in [0.4, 0.5) is 0 Å². The number of nitrogens with zero attached hydrogens (tertiary/aromatic N) is 3. The average molecular weight is 308 g/mol. The van der Waals surface area contributed by atoms with Gasteiger partial charge in [-0.25, -0.2) is 0 Å². The van der Waals surface area contributed by atoms with Gasteiger partial charge in [0.05, 0.1) is 11.8 Å². The third kappa shape index (κ3) is 4.54. The van der Waals surface area contributed by atoms with Gasteiger partial charge in [0, 0.05) is 30.9 Å². The first-order chi connectivity index (χ1) is 10.5. The van der Waals surface area contributed by atoms with Gasteiger partial charge in [0.15, 0.2) is 0 Å². The third-order valence-corrected chi connectivity index (χ3v) is 4.80. The molecule has 0 aliphatic carbocycles. The topological polar surface area (TPSA) is 53.3 Å². The molecule has 0 radical (unpaired) electrons. The van der Waals surface area contributed by atoms with Gasteiger partial charge in [-0.15, -0.1) is 0 Å². The van der Waals surface area contributed by atoms with E-state index in [-0.39, 0.29) is 6.10 Å². The molecule has 1 aliphatic heterocycles. The zero-order chi connectivity index (χ0) is 16.1. The molecule has 0 amide bonds. The van der Waals surface area contributed by atoms with Crippen LogP contribution in [0.5, 0.6) is 0 Å². The van der Waals surface area contributed by atoms with Crippen molar-refractivity contribution in [2.45, 2.75) is 59.7 Å². The molecule has 2 N–H and O–H groups in total. The molecule has 1 aromatic rings. The molecule has 0 spiro atoms. The number of hydrogen-bond acceptors (Lipinski definition) is 4. The lowest BCUT2D eigenvalue weighted by Crippen LogP contribution is -2.40. The average Bonchev–Trinajstić information content (AvgIpc) is 2.75. The van der Waals surface area contributed by atoms with Gasteiger partial charge in [-0.1, -0.05) is 0 Å². The van der Waals surface area contributed by atoms with Gasteiger partial charge in [-0.2, -0.15) is 5.10 Å². The molecule has 126 valence electrons. The van der Waals surface area contributed by atoms with Crippen molar-refractivity contribution in [2.24, 2.45) is 5.92 Å². The van der Waals surface area contributed by atoms with E-state index in [0.29, 0.717) is 0 Å². The molecule has 2 rings (SSSR count). The van der Waals surface area contributed by atoms with E-state index in [9.17, 15) is 5.11 Å². The standard InChI is InChI=1S/C17H32N4O/c1-5-21-15(4)17(14(3)19-21)11-18-10-16-6-8-20(9-7-16)12-13(2)22/h13,16,18,22H,5-12H2,1-4H3. The Morgan fingerprint density at radius 1 is 1.32 bits per heavy atom. The van der Waals surface area contributed by atoms with E-state index in [1.165, 1.54) is 24.1 Å². The number of hydrogen-bond donors (Lipinski definition) is 2. The van der Waals surface area contributed by atoms with Gasteiger partial charge in [0.25, 0.3) is 0 Å². The molecule has 1 aromatic heterocycles. The molecule has 2 heterocycles. The van der Waals surface area contributed by atoms with Crippen LogP contribution in [0.15, 0.2) is 0 Å². The van der Waals surface area contributed by atoms with Crippen LogP contribution >= 0.6 is 0 Å². The minimum Gasteiger partial charge on any atom is -0.392 e. The predicted octanol–water partition coefficient (Wildman–Crippen LogP) is 1.70. The number of piperidine rings is 1. The Hall–Kier alpha value is -0.910. The van der Waals surface area contributed by atoms with Crippen LogP contribution in [0, 0.1) is 19.8 Å². The van der Waals surface area contributed by atoms with Crippen LogP contribution < -0.4 is 5.32 Å². The molecule has 1 unspecified atom stereocenters. The van der Waals surface area contributed by atoms with E-state index in [1.807, 2.05) is 6.92 Å². The van der Waals surface area contributed by atoms with Crippen molar-refractivity contribution in [3.05, 3.63) is 17.0 Å². The van der Waals surface area contributed by atoms with Crippen molar-refractivity contribution in [2.75, 3.05) is 26.2 Å². The Balaban J connectivity index is 1.73. The summed E-state index contributed by atoms with van der Waals surface area (Å²) in [4.78, 5) is 2.38. The highest BCUT2D eigenvalue weighted by atomic mass is 16.3. The van der Waals surface area contributed by atoms with E-state index in [4.69, 9.17) is 0 Å². The number of aliphatic hydroxyl groups is 1. The summed E-state index contributed by atoms with van der Waals surface area (Å²) < 4.78 is 2.08. The Kier molecular flexibility index (Phi) is 6.41. The second kappa shape index (κ2) is 8.09. The number of β-amino-alcohol motifs (C(OH)–C–C–N with tert-alkyl or cyclic N) is 1. The number of aryl methyl sites for hydroxylation is 2. The second-order valence-electron chi connectivity index (χ2n) is 6.69. The maximum Gasteiger partial charge on any atom is 0.0641 e. The quantitative estimate of drug-likeness (QED) is 0.805. The summed E-state index contributed by atoms with van der Waals surface area (Å²) in [6, 6.07) is 0. The SMILES string of the molecule is CCn1nc(C)c(CNCC2CCN(CC(C)O)CC2)c1C. The maximum absolute atomic E-state index is 9.45. The number of nitrogens with one attached hydrogen (secondary N) is 1. The first-order valence-electron chi connectivity index (χ1n) is 8.65. The fraction of sp³-hybridized carbons (Fsp3) is 0.824. The third-order valence-electron chi connectivity index (χ3n) is 4.80. The summed E-state index contributed by atoms with van der Waals surface area (Å²) in [5.74, 6) is 0.757. The molecule has 0 aromatic carbocycles. The molecule has 5 heteroatoms. The zero-order valence-corrected chi connectivity index (χ0v) is 14.6. The summed E-state index contributed by atoms with van der Waals surface area (Å²) in [5, 5.41) is 17.7. The number of aliphatic hydroxyl groups excluding tert-OH is 1. The molecule has 1 fully saturated rings. The van der Waals surface area contributed by atoms with Crippen molar-refractivity contribution < 1.29 is 5.11 Å². The summed E-state index contributed by atoms with van der Waals surface area (Å²) >= 11 is 0. The van der Waals surface area contributed by atoms with Crippen LogP contribution in [-0.4, -0.2) is 52.1 Å². The minimum absolute atomic E-state index is 0.212. The summed E-state index contributed by atoms with van der Waals surface area (Å²) in [6.45, 7) is 14.3. The van der Waals surface area contributed by atoms with Gasteiger partial charge in [0.1, 0.15) is 0 Å². The van der Waals surface area contributed by atoms with Gasteiger partial charge in [0.2, 0.25) is 0 Å². The Morgan fingerprint density at radius 2 is 2.00 bits per heavy atom. The Labute approximate surface area is 134 Å². The normalized spacial score (nSPS) is 18.8. The highest BCUT2D eigenvalue weighted by Crippen LogP contribution is 2.17. The number of aromatic nitrogens is 2. The van der Waals surface area contributed by atoms with Gasteiger partial charge in [-0.3, -0.25) is 4.68 Å². The highest BCUT2D eigenvalue weighted by Gasteiger charge is 2.20. The second-order valence-corrected chi connectivity index (χ2v) is 6.69. The maximum atomic E-state index is 9.45. The molecular formula is C17H32N4O. The first-order valence-corrected chi connectivity index (χ1v) is 8.65. The highest BCUT2D eigenvalue weighted by molar-refractivity contribution is 5.24. The lowest BCUT2D eigenvalue weighted by Gasteiger charge is -2.32. The fourth-order valence-electron chi connectivity index (χ4n) is 3.45. The van der Waals surface area contributed by atoms with E-state index < -0.39 is 0 Å². The van der Waals surface area contributed by atoms with Gasteiger partial charge in [-0.05, 0) is 66.1 Å². The van der Waals surface area contributed by atoms with Crippen molar-refractivity contribution in [1.29, 1.82) is 0 Å². The van der Waals surface area contributed by atoms with Gasteiger partial charge >= 0.3 is 0 Å². The van der Waals surface area contributed by atoms with Crippen LogP contribution in [0.25, 0.3) is 0 Å². The Morgan fingerprint density at radius 3 is 2.55 bits per heavy atom. The molecule has 5 nitrogen and oxygen atoms in total. The van der Waals surface area contributed by atoms with Gasteiger partial charge < -0.3 is 15.3 Å². The summed E-state index contributed by atoms with van der Waals surface area (Å²) in [6.07, 6.45) is 2.24. The first kappa shape index (κ1) is 17.4. The van der Waals surface area contributed by atoms with Crippen molar-refractivity contribution in [3.8, 4) is 0 Å². The molecule has 1 atom stereocenters. The summed E-state index contributed by atoms with van der Waals surface area (Å²) in [5.41, 5.74) is 3.80. The largest absolute Gasteiger partial charge is 0.392 e. The lowest BCUT2D eigenvalue weighted by molar-refractivity contribution is 0.0998. The van der Waals surface area contributed by atoms with E-state index in [1.54, 1.807) is 0 Å². The van der Waals surface area contributed by atoms with Crippen LogP contribution in [0.1, 0.15) is 43.6 Å². The van der Waals surface area contributed by atoms with E-state index in [0.717, 1.165) is 50.9 Å².